The lowest BCUT2D eigenvalue weighted by Gasteiger charge is -2.18. The van der Waals surface area contributed by atoms with Gasteiger partial charge in [0.25, 0.3) is 0 Å². The van der Waals surface area contributed by atoms with Crippen LogP contribution in [0.4, 0.5) is 0 Å². The quantitative estimate of drug-likeness (QED) is 0.0261. The molecular formula is C77H122O6. The topological polar surface area (TPSA) is 78.9 Å². The first kappa shape index (κ1) is 77.8. The van der Waals surface area contributed by atoms with Crippen molar-refractivity contribution < 1.29 is 28.6 Å². The van der Waals surface area contributed by atoms with E-state index in [2.05, 4.69) is 191 Å². The molecule has 0 aliphatic heterocycles. The SMILES string of the molecule is CC/C=C\C/C=C\C/C=C\C/C=C\C/C=C\C/C=C\C/C=C\C/C=C\C/C=C\C/C=C\CCCCC(=O)OCC(COC(=O)CCCCCCCCCCCCCCC)OC(=O)CCCCCCCC/C=C\C/C=C\C/C=C\C/C=C\CC. The Morgan fingerprint density at radius 1 is 0.253 bits per heavy atom. The molecule has 0 fully saturated rings. The predicted octanol–water partition coefficient (Wildman–Crippen LogP) is 23.4. The van der Waals surface area contributed by atoms with Gasteiger partial charge in [0.2, 0.25) is 0 Å². The molecule has 0 amide bonds. The van der Waals surface area contributed by atoms with Crippen molar-refractivity contribution >= 4 is 17.9 Å². The third-order valence-corrected chi connectivity index (χ3v) is 13.7. The van der Waals surface area contributed by atoms with Gasteiger partial charge in [-0.1, -0.05) is 294 Å². The first-order chi connectivity index (χ1) is 41.0. The van der Waals surface area contributed by atoms with Crippen LogP contribution in [-0.2, 0) is 28.6 Å². The highest BCUT2D eigenvalue weighted by Gasteiger charge is 2.19. The van der Waals surface area contributed by atoms with Crippen molar-refractivity contribution in [2.75, 3.05) is 13.2 Å². The van der Waals surface area contributed by atoms with Gasteiger partial charge in [0.05, 0.1) is 0 Å². The van der Waals surface area contributed by atoms with E-state index in [1.165, 1.54) is 77.0 Å². The van der Waals surface area contributed by atoms with Crippen molar-refractivity contribution in [2.45, 2.75) is 284 Å². The molecule has 0 aliphatic carbocycles. The second-order valence-corrected chi connectivity index (χ2v) is 21.6. The summed E-state index contributed by atoms with van der Waals surface area (Å²) in [6.45, 7) is 6.37. The van der Waals surface area contributed by atoms with Crippen LogP contribution in [0, 0.1) is 0 Å². The zero-order valence-corrected chi connectivity index (χ0v) is 53.4. The highest BCUT2D eigenvalue weighted by molar-refractivity contribution is 5.71. The van der Waals surface area contributed by atoms with Crippen LogP contribution in [0.1, 0.15) is 278 Å². The minimum atomic E-state index is -0.812. The Balaban J connectivity index is 4.43. The van der Waals surface area contributed by atoms with Crippen molar-refractivity contribution in [3.63, 3.8) is 0 Å². The van der Waals surface area contributed by atoms with E-state index >= 15 is 0 Å². The highest BCUT2D eigenvalue weighted by Crippen LogP contribution is 2.15. The van der Waals surface area contributed by atoms with Gasteiger partial charge in [-0.2, -0.15) is 0 Å². The molecule has 1 unspecified atom stereocenters. The lowest BCUT2D eigenvalue weighted by Crippen LogP contribution is -2.30. The molecule has 0 spiro atoms. The summed E-state index contributed by atoms with van der Waals surface area (Å²) in [4.78, 5) is 38.3. The molecule has 0 aromatic heterocycles. The molecule has 0 saturated heterocycles. The number of hydrogen-bond acceptors (Lipinski definition) is 6. The minimum Gasteiger partial charge on any atom is -0.462 e. The minimum absolute atomic E-state index is 0.102. The van der Waals surface area contributed by atoms with E-state index in [0.717, 1.165) is 154 Å². The molecule has 0 aliphatic rings. The Labute approximate surface area is 511 Å². The van der Waals surface area contributed by atoms with Crippen LogP contribution in [0.3, 0.4) is 0 Å². The molecule has 0 aromatic rings. The summed E-state index contributed by atoms with van der Waals surface area (Å²) in [7, 11) is 0. The molecule has 6 heteroatoms. The summed E-state index contributed by atoms with van der Waals surface area (Å²) < 4.78 is 16.9. The first-order valence-corrected chi connectivity index (χ1v) is 33.6. The monoisotopic (exact) mass is 1140 g/mol. The third-order valence-electron chi connectivity index (χ3n) is 13.7. The van der Waals surface area contributed by atoms with Gasteiger partial charge >= 0.3 is 17.9 Å². The molecule has 0 saturated carbocycles. The number of esters is 3. The van der Waals surface area contributed by atoms with Crippen molar-refractivity contribution in [2.24, 2.45) is 0 Å². The molecule has 0 aromatic carbocycles. The molecule has 0 heterocycles. The largest absolute Gasteiger partial charge is 0.462 e. The second-order valence-electron chi connectivity index (χ2n) is 21.6. The summed E-state index contributed by atoms with van der Waals surface area (Å²) in [5.74, 6) is -0.964. The average molecular weight is 1140 g/mol. The number of allylic oxidation sites excluding steroid dienone is 28. The molecule has 0 N–H and O–H groups in total. The van der Waals surface area contributed by atoms with E-state index in [-0.39, 0.29) is 31.1 Å². The Morgan fingerprint density at radius 2 is 0.470 bits per heavy atom. The van der Waals surface area contributed by atoms with Crippen LogP contribution in [-0.4, -0.2) is 37.2 Å². The van der Waals surface area contributed by atoms with Gasteiger partial charge in [-0.25, -0.2) is 0 Å². The van der Waals surface area contributed by atoms with Crippen molar-refractivity contribution in [3.8, 4) is 0 Å². The van der Waals surface area contributed by atoms with Gasteiger partial charge in [0.1, 0.15) is 13.2 Å². The first-order valence-electron chi connectivity index (χ1n) is 33.6. The lowest BCUT2D eigenvalue weighted by atomic mass is 10.0. The van der Waals surface area contributed by atoms with Crippen LogP contribution < -0.4 is 0 Å². The third kappa shape index (κ3) is 67.4. The van der Waals surface area contributed by atoms with Gasteiger partial charge in [-0.15, -0.1) is 0 Å². The molecule has 6 nitrogen and oxygen atoms in total. The van der Waals surface area contributed by atoms with Gasteiger partial charge in [-0.05, 0) is 135 Å². The zero-order valence-electron chi connectivity index (χ0n) is 53.4. The summed E-state index contributed by atoms with van der Waals surface area (Å²) in [5, 5.41) is 0. The smallest absolute Gasteiger partial charge is 0.306 e. The number of unbranched alkanes of at least 4 members (excludes halogenated alkanes) is 20. The number of carbonyl (C=O) groups is 3. The van der Waals surface area contributed by atoms with Crippen molar-refractivity contribution in [3.05, 3.63) is 170 Å². The van der Waals surface area contributed by atoms with Gasteiger partial charge in [-0.3, -0.25) is 14.4 Å². The summed E-state index contributed by atoms with van der Waals surface area (Å²) >= 11 is 0. The normalized spacial score (nSPS) is 13.2. The fourth-order valence-electron chi connectivity index (χ4n) is 8.76. The molecule has 83 heavy (non-hydrogen) atoms. The number of carbonyl (C=O) groups excluding carboxylic acids is 3. The fraction of sp³-hybridized carbons (Fsp3) is 0.597. The van der Waals surface area contributed by atoms with Crippen LogP contribution in [0.2, 0.25) is 0 Å². The zero-order chi connectivity index (χ0) is 59.9. The maximum absolute atomic E-state index is 12.9. The Bertz CT molecular complexity index is 1890. The molecule has 0 radical (unpaired) electrons. The molecule has 0 bridgehead atoms. The summed E-state index contributed by atoms with van der Waals surface area (Å²) in [5.41, 5.74) is 0. The number of hydrogen-bond donors (Lipinski definition) is 0. The standard InChI is InChI=1S/C77H122O6/c1-4-7-10-13-16-19-22-25-27-29-31-32-33-34-35-36-37-38-39-40-41-42-43-44-46-47-49-52-55-58-61-64-67-70-76(79)82-73-74(72-81-75(78)69-66-63-60-57-54-51-24-21-18-15-12-9-6-3)83-77(80)71-68-65-62-59-56-53-50-48-45-30-28-26-23-20-17-14-11-8-5-2/h7-8,10-11,16-17,19-20,25-28,31-32,34-35,37-38,40-41,43-45,47-49,55,58,74H,4-6,9,12-15,18,21-24,29-30,33,36,39,42,46,50-54,56-57,59-73H2,1-3H3/b10-7-,11-8-,19-16-,20-17-,27-25-,28-26-,32-31-,35-34-,38-37-,41-40-,44-43-,48-45-,49-47-,58-55-. The van der Waals surface area contributed by atoms with Crippen molar-refractivity contribution in [1.29, 1.82) is 0 Å². The van der Waals surface area contributed by atoms with Crippen molar-refractivity contribution in [1.82, 2.24) is 0 Å². The molecule has 466 valence electrons. The number of rotatable bonds is 59. The van der Waals surface area contributed by atoms with Crippen LogP contribution in [0.15, 0.2) is 170 Å². The maximum atomic E-state index is 12.9. The second kappa shape index (κ2) is 69.3. The number of ether oxygens (including phenoxy) is 3. The Hall–Kier alpha value is -5.23. The van der Waals surface area contributed by atoms with Crippen LogP contribution in [0.5, 0.6) is 0 Å². The van der Waals surface area contributed by atoms with E-state index < -0.39 is 6.10 Å². The fourth-order valence-corrected chi connectivity index (χ4v) is 8.76. The Kier molecular flexibility index (Phi) is 64.9. The van der Waals surface area contributed by atoms with Crippen LogP contribution >= 0.6 is 0 Å². The molecule has 1 atom stereocenters. The molecule has 0 rings (SSSR count). The maximum Gasteiger partial charge on any atom is 0.306 e. The van der Waals surface area contributed by atoms with E-state index in [1.807, 2.05) is 0 Å². The highest BCUT2D eigenvalue weighted by atomic mass is 16.6. The van der Waals surface area contributed by atoms with Gasteiger partial charge in [0, 0.05) is 19.3 Å². The van der Waals surface area contributed by atoms with Gasteiger partial charge < -0.3 is 14.2 Å². The van der Waals surface area contributed by atoms with E-state index in [9.17, 15) is 14.4 Å². The van der Waals surface area contributed by atoms with E-state index in [1.54, 1.807) is 0 Å². The van der Waals surface area contributed by atoms with E-state index in [4.69, 9.17) is 14.2 Å². The predicted molar refractivity (Wildman–Crippen MR) is 361 cm³/mol. The van der Waals surface area contributed by atoms with Crippen LogP contribution in [0.25, 0.3) is 0 Å². The average Bonchev–Trinajstić information content (AvgIpc) is 3.49. The summed E-state index contributed by atoms with van der Waals surface area (Å²) in [6.07, 6.45) is 102. The van der Waals surface area contributed by atoms with E-state index in [0.29, 0.717) is 25.7 Å². The summed E-state index contributed by atoms with van der Waals surface area (Å²) in [6, 6.07) is 0. The van der Waals surface area contributed by atoms with Gasteiger partial charge in [0.15, 0.2) is 6.10 Å². The lowest BCUT2D eigenvalue weighted by molar-refractivity contribution is -0.167. The molecular weight excluding hydrogens is 1020 g/mol. The Morgan fingerprint density at radius 3 is 0.759 bits per heavy atom.